The van der Waals surface area contributed by atoms with E-state index in [1.165, 1.54) is 18.4 Å². The Labute approximate surface area is 109 Å². The standard InChI is InChI=1S/C14H20N2S/c1-16(10-12-5-3-2-4-6-12)11-14(7-8-14)9-13(15)17/h2-6H,7-11H2,1H3,(H2,15,17). The molecule has 0 heterocycles. The van der Waals surface area contributed by atoms with Gasteiger partial charge in [-0.3, -0.25) is 0 Å². The van der Waals surface area contributed by atoms with Gasteiger partial charge in [-0.2, -0.15) is 0 Å². The molecule has 0 aliphatic heterocycles. The lowest BCUT2D eigenvalue weighted by molar-refractivity contribution is 0.260. The predicted octanol–water partition coefficient (Wildman–Crippen LogP) is 2.57. The molecule has 0 saturated heterocycles. The summed E-state index contributed by atoms with van der Waals surface area (Å²) in [5.74, 6) is 0. The molecule has 1 aromatic rings. The second kappa shape index (κ2) is 5.15. The first-order valence-corrected chi connectivity index (χ1v) is 6.51. The van der Waals surface area contributed by atoms with E-state index in [1.807, 2.05) is 0 Å². The maximum atomic E-state index is 5.66. The molecule has 2 nitrogen and oxygen atoms in total. The molecule has 3 heteroatoms. The number of thiocarbonyl (C=S) groups is 1. The van der Waals surface area contributed by atoms with E-state index in [0.29, 0.717) is 10.4 Å². The lowest BCUT2D eigenvalue weighted by Crippen LogP contribution is -2.29. The highest BCUT2D eigenvalue weighted by atomic mass is 32.1. The van der Waals surface area contributed by atoms with Crippen LogP contribution in [-0.4, -0.2) is 23.5 Å². The van der Waals surface area contributed by atoms with Gasteiger partial charge in [0.1, 0.15) is 0 Å². The summed E-state index contributed by atoms with van der Waals surface area (Å²) in [7, 11) is 2.17. The second-order valence-corrected chi connectivity index (χ2v) is 5.83. The van der Waals surface area contributed by atoms with Gasteiger partial charge in [-0.05, 0) is 30.9 Å². The Kier molecular flexibility index (Phi) is 3.79. The summed E-state index contributed by atoms with van der Waals surface area (Å²) < 4.78 is 0. The molecule has 17 heavy (non-hydrogen) atoms. The molecule has 0 amide bonds. The normalized spacial score (nSPS) is 17.1. The Hall–Kier alpha value is -0.930. The van der Waals surface area contributed by atoms with Crippen LogP contribution in [0.4, 0.5) is 0 Å². The minimum absolute atomic E-state index is 0.384. The Morgan fingerprint density at radius 3 is 2.53 bits per heavy atom. The third-order valence-electron chi connectivity index (χ3n) is 3.41. The topological polar surface area (TPSA) is 29.3 Å². The van der Waals surface area contributed by atoms with Crippen LogP contribution < -0.4 is 5.73 Å². The van der Waals surface area contributed by atoms with Gasteiger partial charge >= 0.3 is 0 Å². The molecule has 0 aromatic heterocycles. The fourth-order valence-corrected chi connectivity index (χ4v) is 2.77. The summed E-state index contributed by atoms with van der Waals surface area (Å²) >= 11 is 5.03. The van der Waals surface area contributed by atoms with Gasteiger partial charge in [-0.15, -0.1) is 0 Å². The van der Waals surface area contributed by atoms with E-state index in [4.69, 9.17) is 18.0 Å². The van der Waals surface area contributed by atoms with Gasteiger partial charge in [0.15, 0.2) is 0 Å². The van der Waals surface area contributed by atoms with E-state index in [1.54, 1.807) is 0 Å². The first-order chi connectivity index (χ1) is 8.10. The predicted molar refractivity (Wildman–Crippen MR) is 75.8 cm³/mol. The highest BCUT2D eigenvalue weighted by molar-refractivity contribution is 7.80. The quantitative estimate of drug-likeness (QED) is 0.785. The largest absolute Gasteiger partial charge is 0.393 e. The van der Waals surface area contributed by atoms with Crippen molar-refractivity contribution in [1.82, 2.24) is 4.90 Å². The summed E-state index contributed by atoms with van der Waals surface area (Å²) in [6.45, 7) is 2.10. The van der Waals surface area contributed by atoms with Gasteiger partial charge in [0.05, 0.1) is 4.99 Å². The Morgan fingerprint density at radius 1 is 1.35 bits per heavy atom. The molecule has 1 aromatic carbocycles. The lowest BCUT2D eigenvalue weighted by Gasteiger charge is -2.23. The number of nitrogens with two attached hydrogens (primary N) is 1. The average molecular weight is 248 g/mol. The van der Waals surface area contributed by atoms with Crippen molar-refractivity contribution in [3.8, 4) is 0 Å². The zero-order valence-electron chi connectivity index (χ0n) is 10.4. The van der Waals surface area contributed by atoms with Crippen LogP contribution in [0.5, 0.6) is 0 Å². The first-order valence-electron chi connectivity index (χ1n) is 6.10. The van der Waals surface area contributed by atoms with E-state index >= 15 is 0 Å². The molecule has 1 aliphatic rings. The third-order valence-corrected chi connectivity index (χ3v) is 3.55. The zero-order chi connectivity index (χ0) is 12.3. The summed E-state index contributed by atoms with van der Waals surface area (Å²) in [6, 6.07) is 10.6. The van der Waals surface area contributed by atoms with Gasteiger partial charge in [0, 0.05) is 19.5 Å². The summed E-state index contributed by atoms with van der Waals surface area (Å²) in [4.78, 5) is 3.04. The first kappa shape index (κ1) is 12.5. The molecule has 0 radical (unpaired) electrons. The van der Waals surface area contributed by atoms with Crippen molar-refractivity contribution in [2.45, 2.75) is 25.8 Å². The van der Waals surface area contributed by atoms with Gasteiger partial charge < -0.3 is 10.6 Å². The van der Waals surface area contributed by atoms with Gasteiger partial charge in [0.25, 0.3) is 0 Å². The zero-order valence-corrected chi connectivity index (χ0v) is 11.2. The van der Waals surface area contributed by atoms with Gasteiger partial charge in [-0.1, -0.05) is 42.5 Å². The van der Waals surface area contributed by atoms with Crippen LogP contribution in [0.1, 0.15) is 24.8 Å². The Balaban J connectivity index is 1.85. The molecule has 2 rings (SSSR count). The van der Waals surface area contributed by atoms with Crippen molar-refractivity contribution >= 4 is 17.2 Å². The van der Waals surface area contributed by atoms with E-state index in [2.05, 4.69) is 42.3 Å². The minimum atomic E-state index is 0.384. The van der Waals surface area contributed by atoms with Crippen LogP contribution in [0, 0.1) is 5.41 Å². The van der Waals surface area contributed by atoms with Crippen LogP contribution >= 0.6 is 12.2 Å². The Bertz CT molecular complexity index is 384. The summed E-state index contributed by atoms with van der Waals surface area (Å²) in [6.07, 6.45) is 3.44. The van der Waals surface area contributed by atoms with Crippen LogP contribution in [0.2, 0.25) is 0 Å². The van der Waals surface area contributed by atoms with Crippen molar-refractivity contribution in [2.75, 3.05) is 13.6 Å². The number of benzene rings is 1. The van der Waals surface area contributed by atoms with E-state index in [-0.39, 0.29) is 0 Å². The Morgan fingerprint density at radius 2 is 2.00 bits per heavy atom. The summed E-state index contributed by atoms with van der Waals surface area (Å²) in [5, 5.41) is 0. The maximum Gasteiger partial charge on any atom is 0.0733 e. The number of hydrogen-bond acceptors (Lipinski definition) is 2. The molecule has 0 bridgehead atoms. The third kappa shape index (κ3) is 3.79. The fourth-order valence-electron chi connectivity index (χ4n) is 2.46. The molecule has 0 unspecified atom stereocenters. The summed E-state index contributed by atoms with van der Waals surface area (Å²) in [5.41, 5.74) is 7.41. The molecule has 1 aliphatic carbocycles. The van der Waals surface area contributed by atoms with Crippen LogP contribution in [0.15, 0.2) is 30.3 Å². The second-order valence-electron chi connectivity index (χ2n) is 5.30. The molecule has 0 spiro atoms. The smallest absolute Gasteiger partial charge is 0.0733 e. The fraction of sp³-hybridized carbons (Fsp3) is 0.500. The highest BCUT2D eigenvalue weighted by Crippen LogP contribution is 2.49. The number of nitrogens with zero attached hydrogens (tertiary/aromatic N) is 1. The van der Waals surface area contributed by atoms with E-state index in [0.717, 1.165) is 19.5 Å². The van der Waals surface area contributed by atoms with Crippen molar-refractivity contribution in [2.24, 2.45) is 11.1 Å². The van der Waals surface area contributed by atoms with Gasteiger partial charge in [-0.25, -0.2) is 0 Å². The van der Waals surface area contributed by atoms with E-state index < -0.39 is 0 Å². The molecule has 92 valence electrons. The van der Waals surface area contributed by atoms with Crippen LogP contribution in [0.3, 0.4) is 0 Å². The van der Waals surface area contributed by atoms with Crippen molar-refractivity contribution in [1.29, 1.82) is 0 Å². The van der Waals surface area contributed by atoms with Crippen molar-refractivity contribution < 1.29 is 0 Å². The monoisotopic (exact) mass is 248 g/mol. The number of hydrogen-bond donors (Lipinski definition) is 1. The molecular weight excluding hydrogens is 228 g/mol. The van der Waals surface area contributed by atoms with Crippen molar-refractivity contribution in [3.63, 3.8) is 0 Å². The maximum absolute atomic E-state index is 5.66. The minimum Gasteiger partial charge on any atom is -0.393 e. The van der Waals surface area contributed by atoms with Crippen LogP contribution in [0.25, 0.3) is 0 Å². The molecule has 1 saturated carbocycles. The SMILES string of the molecule is CN(Cc1ccccc1)CC1(CC(N)=S)CC1. The van der Waals surface area contributed by atoms with Crippen molar-refractivity contribution in [3.05, 3.63) is 35.9 Å². The van der Waals surface area contributed by atoms with E-state index in [9.17, 15) is 0 Å². The highest BCUT2D eigenvalue weighted by Gasteiger charge is 2.43. The van der Waals surface area contributed by atoms with Crippen LogP contribution in [-0.2, 0) is 6.54 Å². The molecule has 1 fully saturated rings. The molecule has 0 atom stereocenters. The van der Waals surface area contributed by atoms with Gasteiger partial charge in [0.2, 0.25) is 0 Å². The molecular formula is C14H20N2S. The average Bonchev–Trinajstić information content (AvgIpc) is 2.97. The molecule has 2 N–H and O–H groups in total. The lowest BCUT2D eigenvalue weighted by atomic mass is 10.0. The number of rotatable bonds is 6.